The highest BCUT2D eigenvalue weighted by Crippen LogP contribution is 2.42. The minimum absolute atomic E-state index is 0.735. The van der Waals surface area contributed by atoms with Gasteiger partial charge in [-0.2, -0.15) is 0 Å². The van der Waals surface area contributed by atoms with Gasteiger partial charge in [0.25, 0.3) is 0 Å². The minimum Gasteiger partial charge on any atom is -0.715 e. The Morgan fingerprint density at radius 3 is 2.79 bits per heavy atom. The fourth-order valence-corrected chi connectivity index (χ4v) is 3.96. The number of nitrogens with zero attached hydrogens (tertiary/aromatic N) is 1. The Balaban J connectivity index is 2.32. The molecule has 0 aliphatic carbocycles. The Labute approximate surface area is 95.7 Å². The summed E-state index contributed by atoms with van der Waals surface area (Å²) < 4.78 is 2.17. The molecule has 0 bridgehead atoms. The van der Waals surface area contributed by atoms with Crippen LogP contribution in [0, 0.1) is 6.92 Å². The summed E-state index contributed by atoms with van der Waals surface area (Å²) in [5.41, 5.74) is 2.44. The number of rotatable bonds is 1. The molecule has 1 aliphatic heterocycles. The average Bonchev–Trinajstić information content (AvgIpc) is 2.46. The summed E-state index contributed by atoms with van der Waals surface area (Å²) in [6.07, 6.45) is 0. The maximum absolute atomic E-state index is 5.33. The van der Waals surface area contributed by atoms with Crippen molar-refractivity contribution in [1.82, 2.24) is 5.09 Å². The third-order valence-electron chi connectivity index (χ3n) is 2.13. The predicted molar refractivity (Wildman–Crippen MR) is 68.5 cm³/mol. The number of benzene rings is 1. The molecule has 14 heavy (non-hydrogen) atoms. The van der Waals surface area contributed by atoms with Crippen molar-refractivity contribution in [2.45, 2.75) is 6.92 Å². The highest BCUT2D eigenvalue weighted by atomic mass is 32.7. The molecule has 0 aromatic heterocycles. The molecule has 1 atom stereocenters. The van der Waals surface area contributed by atoms with E-state index in [9.17, 15) is 0 Å². The molecular weight excluding hydrogens is 231 g/mol. The number of aryl methyl sites for hydroxylation is 1. The summed E-state index contributed by atoms with van der Waals surface area (Å²) in [6.45, 7) is 2.85. The summed E-state index contributed by atoms with van der Waals surface area (Å²) in [4.78, 5) is 0.856. The zero-order valence-electron chi connectivity index (χ0n) is 7.73. The number of hydrogen-bond donors (Lipinski definition) is 1. The summed E-state index contributed by atoms with van der Waals surface area (Å²) in [5, 5.41) is 3.13. The Morgan fingerprint density at radius 1 is 1.50 bits per heavy atom. The normalized spacial score (nSPS) is 21.1. The van der Waals surface area contributed by atoms with Gasteiger partial charge in [-0.25, -0.2) is 0 Å². The van der Waals surface area contributed by atoms with Crippen LogP contribution in [0.3, 0.4) is 0 Å². The fourth-order valence-electron chi connectivity index (χ4n) is 1.44. The van der Waals surface area contributed by atoms with Crippen LogP contribution in [0.15, 0.2) is 24.3 Å². The average molecular weight is 241 g/mol. The van der Waals surface area contributed by atoms with Gasteiger partial charge in [-0.15, -0.1) is 0 Å². The zero-order chi connectivity index (χ0) is 10.1. The molecule has 2 nitrogen and oxygen atoms in total. The summed E-state index contributed by atoms with van der Waals surface area (Å²) in [5.74, 6) is 0. The van der Waals surface area contributed by atoms with Crippen molar-refractivity contribution in [3.05, 3.63) is 29.8 Å². The van der Waals surface area contributed by atoms with E-state index in [0.717, 1.165) is 11.5 Å². The van der Waals surface area contributed by atoms with Crippen molar-refractivity contribution in [3.8, 4) is 0 Å². The second-order valence-electron chi connectivity index (χ2n) is 3.15. The lowest BCUT2D eigenvalue weighted by atomic mass is 10.2. The van der Waals surface area contributed by atoms with Crippen LogP contribution in [0.5, 0.6) is 0 Å². The van der Waals surface area contributed by atoms with Gasteiger partial charge >= 0.3 is 0 Å². The molecule has 2 rings (SSSR count). The molecule has 74 valence electrons. The van der Waals surface area contributed by atoms with Crippen LogP contribution < -0.4 is 9.76 Å². The monoisotopic (exact) mass is 241 g/mol. The Kier molecular flexibility index (Phi) is 2.96. The molecule has 5 heteroatoms. The lowest BCUT2D eigenvalue weighted by Crippen LogP contribution is -2.14. The standard InChI is InChI=1S/C9H10N2PS2/c1-7-4-2-3-5-8(7)11-6-9(13)10-12(11)14/h2-5H,6H2,1H3,(H,10,13)/q-1. The van der Waals surface area contributed by atoms with E-state index >= 15 is 0 Å². The van der Waals surface area contributed by atoms with E-state index in [2.05, 4.69) is 28.8 Å². The second-order valence-corrected chi connectivity index (χ2v) is 5.93. The van der Waals surface area contributed by atoms with Gasteiger partial charge in [-0.3, -0.25) is 0 Å². The molecule has 0 radical (unpaired) electrons. The van der Waals surface area contributed by atoms with Gasteiger partial charge in [-0.05, 0) is 18.6 Å². The van der Waals surface area contributed by atoms with E-state index in [1.807, 2.05) is 12.1 Å². The largest absolute Gasteiger partial charge is 0.715 e. The quantitative estimate of drug-likeness (QED) is 0.461. The fraction of sp³-hybridized carbons (Fsp3) is 0.222. The maximum Gasteiger partial charge on any atom is 0.0984 e. The Morgan fingerprint density at radius 2 is 2.21 bits per heavy atom. The van der Waals surface area contributed by atoms with Crippen molar-refractivity contribution in [3.63, 3.8) is 0 Å². The predicted octanol–water partition coefficient (Wildman–Crippen LogP) is 2.51. The lowest BCUT2D eigenvalue weighted by Gasteiger charge is -2.31. The smallest absolute Gasteiger partial charge is 0.0984 e. The Bertz CT molecular complexity index is 370. The first kappa shape index (κ1) is 10.2. The molecule has 0 amide bonds. The van der Waals surface area contributed by atoms with Crippen molar-refractivity contribution >= 4 is 42.6 Å². The van der Waals surface area contributed by atoms with Crippen LogP contribution in [0.2, 0.25) is 0 Å². The first-order chi connectivity index (χ1) is 6.68. The molecule has 1 N–H and O–H groups in total. The van der Waals surface area contributed by atoms with E-state index in [-0.39, 0.29) is 0 Å². The zero-order valence-corrected chi connectivity index (χ0v) is 10.3. The van der Waals surface area contributed by atoms with Crippen molar-refractivity contribution in [2.75, 3.05) is 11.2 Å². The van der Waals surface area contributed by atoms with Crippen molar-refractivity contribution < 1.29 is 0 Å². The number of para-hydroxylation sites is 1. The number of nitrogens with one attached hydrogen (secondary N) is 1. The maximum atomic E-state index is 5.33. The number of hydrogen-bond acceptors (Lipinski definition) is 3. The Hall–Kier alpha value is -0.310. The van der Waals surface area contributed by atoms with E-state index in [0.29, 0.717) is 0 Å². The first-order valence-corrected chi connectivity index (χ1v) is 7.00. The van der Waals surface area contributed by atoms with Crippen LogP contribution in [0.25, 0.3) is 0 Å². The summed E-state index contributed by atoms with van der Waals surface area (Å²) in [6, 6.07) is 8.25. The van der Waals surface area contributed by atoms with Gasteiger partial charge in [0, 0.05) is 5.69 Å². The third kappa shape index (κ3) is 1.88. The van der Waals surface area contributed by atoms with E-state index in [1.165, 1.54) is 11.3 Å². The molecule has 1 aromatic rings. The molecule has 1 aliphatic rings. The van der Waals surface area contributed by atoms with Gasteiger partial charge in [0.05, 0.1) is 11.5 Å². The van der Waals surface area contributed by atoms with Crippen LogP contribution in [0.1, 0.15) is 5.56 Å². The summed E-state index contributed by atoms with van der Waals surface area (Å²) in [7, 11) is -0.735. The number of thiocarbonyl (C=S) groups is 1. The SMILES string of the molecule is Cc1ccccc1N1CC(=S)NP1[S-]. The summed E-state index contributed by atoms with van der Waals surface area (Å²) >= 11 is 10.4. The van der Waals surface area contributed by atoms with E-state index in [1.54, 1.807) is 0 Å². The van der Waals surface area contributed by atoms with Gasteiger partial charge in [0.2, 0.25) is 0 Å². The van der Waals surface area contributed by atoms with Crippen molar-refractivity contribution in [1.29, 1.82) is 0 Å². The molecule has 0 spiro atoms. The van der Waals surface area contributed by atoms with Crippen LogP contribution in [-0.4, -0.2) is 11.5 Å². The third-order valence-corrected chi connectivity index (χ3v) is 4.63. The van der Waals surface area contributed by atoms with Crippen molar-refractivity contribution in [2.24, 2.45) is 0 Å². The molecule has 1 fully saturated rings. The molecule has 1 heterocycles. The topological polar surface area (TPSA) is 15.3 Å². The molecule has 0 saturated carbocycles. The van der Waals surface area contributed by atoms with Crippen LogP contribution in [0.4, 0.5) is 5.69 Å². The second kappa shape index (κ2) is 4.05. The van der Waals surface area contributed by atoms with Gasteiger partial charge in [0.15, 0.2) is 0 Å². The first-order valence-electron chi connectivity index (χ1n) is 4.28. The minimum atomic E-state index is -0.735. The van der Waals surface area contributed by atoms with Gasteiger partial charge in [0.1, 0.15) is 0 Å². The van der Waals surface area contributed by atoms with Crippen LogP contribution in [-0.2, 0) is 12.2 Å². The highest BCUT2D eigenvalue weighted by molar-refractivity contribution is 8.33. The van der Waals surface area contributed by atoms with Crippen LogP contribution >= 0.6 is 19.6 Å². The van der Waals surface area contributed by atoms with Gasteiger partial charge in [-0.1, -0.05) is 37.8 Å². The molecular formula is C9H10N2PS2-. The lowest BCUT2D eigenvalue weighted by molar-refractivity contribution is 1.25. The molecule has 1 aromatic carbocycles. The molecule has 1 unspecified atom stereocenters. The van der Waals surface area contributed by atoms with Gasteiger partial charge < -0.3 is 22.0 Å². The molecule has 1 saturated heterocycles. The highest BCUT2D eigenvalue weighted by Gasteiger charge is 2.19. The van der Waals surface area contributed by atoms with E-state index < -0.39 is 7.42 Å². The van der Waals surface area contributed by atoms with E-state index in [4.69, 9.17) is 24.5 Å². The number of anilines is 1.